The molecule has 2 aromatic rings. The standard InChI is InChI=1S/C14H17N5O.BrH/c15-14-17-12-9-10(18-5-7-20-8-6-18)1-2-11(12)13-16-3-4-19(13)14;/h1-2,9,15-16H,3-8H2;1H. The van der Waals surface area contributed by atoms with Crippen LogP contribution in [0.1, 0.15) is 0 Å². The zero-order valence-electron chi connectivity index (χ0n) is 11.6. The molecule has 1 aromatic carbocycles. The largest absolute Gasteiger partial charge is 0.378 e. The molecule has 1 fully saturated rings. The normalized spacial score (nSPS) is 17.2. The van der Waals surface area contributed by atoms with Gasteiger partial charge in [-0.2, -0.15) is 0 Å². The van der Waals surface area contributed by atoms with E-state index in [1.165, 1.54) is 0 Å². The molecule has 0 bridgehead atoms. The van der Waals surface area contributed by atoms with Gasteiger partial charge in [-0.25, -0.2) is 4.98 Å². The highest BCUT2D eigenvalue weighted by atomic mass is 79.9. The van der Waals surface area contributed by atoms with Crippen molar-refractivity contribution in [3.05, 3.63) is 23.8 Å². The van der Waals surface area contributed by atoms with Crippen LogP contribution in [0.2, 0.25) is 0 Å². The van der Waals surface area contributed by atoms with Gasteiger partial charge in [0.15, 0.2) is 0 Å². The SMILES string of the molecule is Br.N=c1nc2cc(N3CCOCC3)ccc2c2n1CCN2. The summed E-state index contributed by atoms with van der Waals surface area (Å²) >= 11 is 0. The van der Waals surface area contributed by atoms with Gasteiger partial charge in [0.2, 0.25) is 5.62 Å². The van der Waals surface area contributed by atoms with Crippen LogP contribution in [0, 0.1) is 5.41 Å². The average Bonchev–Trinajstić information content (AvgIpc) is 2.98. The number of ether oxygens (including phenoxy) is 1. The lowest BCUT2D eigenvalue weighted by Gasteiger charge is -2.29. The molecule has 4 rings (SSSR count). The number of halogens is 1. The van der Waals surface area contributed by atoms with Gasteiger partial charge in [0.05, 0.1) is 18.7 Å². The van der Waals surface area contributed by atoms with Gasteiger partial charge >= 0.3 is 0 Å². The topological polar surface area (TPSA) is 66.2 Å². The zero-order valence-corrected chi connectivity index (χ0v) is 13.3. The molecule has 1 aromatic heterocycles. The Bertz CT molecular complexity index is 723. The Kier molecular flexibility index (Phi) is 3.86. The summed E-state index contributed by atoms with van der Waals surface area (Å²) in [5.74, 6) is 1.02. The second-order valence-electron chi connectivity index (χ2n) is 5.16. The van der Waals surface area contributed by atoms with Crippen molar-refractivity contribution in [3.8, 4) is 0 Å². The van der Waals surface area contributed by atoms with Crippen LogP contribution in [0.3, 0.4) is 0 Å². The lowest BCUT2D eigenvalue weighted by Crippen LogP contribution is -2.36. The molecule has 0 aliphatic carbocycles. The van der Waals surface area contributed by atoms with Crippen LogP contribution < -0.4 is 15.8 Å². The summed E-state index contributed by atoms with van der Waals surface area (Å²) in [4.78, 5) is 6.74. The van der Waals surface area contributed by atoms with Crippen molar-refractivity contribution in [2.45, 2.75) is 6.54 Å². The maximum atomic E-state index is 8.03. The van der Waals surface area contributed by atoms with Crippen LogP contribution in [0.4, 0.5) is 11.5 Å². The second-order valence-corrected chi connectivity index (χ2v) is 5.16. The van der Waals surface area contributed by atoms with Crippen LogP contribution >= 0.6 is 17.0 Å². The zero-order chi connectivity index (χ0) is 13.5. The highest BCUT2D eigenvalue weighted by molar-refractivity contribution is 8.93. The molecule has 6 nitrogen and oxygen atoms in total. The first-order valence-electron chi connectivity index (χ1n) is 6.99. The number of hydrogen-bond acceptors (Lipinski definition) is 5. The summed E-state index contributed by atoms with van der Waals surface area (Å²) in [5, 5.41) is 12.5. The maximum Gasteiger partial charge on any atom is 0.224 e. The van der Waals surface area contributed by atoms with Crippen molar-refractivity contribution in [2.75, 3.05) is 43.1 Å². The van der Waals surface area contributed by atoms with E-state index in [0.717, 1.165) is 61.8 Å². The van der Waals surface area contributed by atoms with Crippen LogP contribution in [0.25, 0.3) is 10.9 Å². The smallest absolute Gasteiger partial charge is 0.224 e. The summed E-state index contributed by atoms with van der Waals surface area (Å²) in [6, 6.07) is 6.33. The van der Waals surface area contributed by atoms with Crippen LogP contribution in [0.5, 0.6) is 0 Å². The number of rotatable bonds is 1. The van der Waals surface area contributed by atoms with Gasteiger partial charge in [0.1, 0.15) is 5.82 Å². The molecule has 3 heterocycles. The Morgan fingerprint density at radius 1 is 1.19 bits per heavy atom. The van der Waals surface area contributed by atoms with E-state index >= 15 is 0 Å². The Balaban J connectivity index is 0.00000132. The van der Waals surface area contributed by atoms with E-state index in [4.69, 9.17) is 10.1 Å². The number of anilines is 2. The third-order valence-electron chi connectivity index (χ3n) is 3.99. The third-order valence-corrected chi connectivity index (χ3v) is 3.99. The third kappa shape index (κ3) is 2.40. The fraction of sp³-hybridized carbons (Fsp3) is 0.429. The van der Waals surface area contributed by atoms with Gasteiger partial charge in [-0.3, -0.25) is 9.98 Å². The molecule has 112 valence electrons. The molecule has 0 amide bonds. The van der Waals surface area contributed by atoms with E-state index in [1.807, 2.05) is 4.57 Å². The maximum absolute atomic E-state index is 8.03. The summed E-state index contributed by atoms with van der Waals surface area (Å²) in [7, 11) is 0. The molecule has 1 saturated heterocycles. The first-order chi connectivity index (χ1) is 9.83. The lowest BCUT2D eigenvalue weighted by molar-refractivity contribution is 0.122. The molecule has 0 spiro atoms. The van der Waals surface area contributed by atoms with E-state index in [-0.39, 0.29) is 17.0 Å². The molecule has 2 aliphatic heterocycles. The van der Waals surface area contributed by atoms with Crippen molar-refractivity contribution < 1.29 is 4.74 Å². The monoisotopic (exact) mass is 351 g/mol. The molecule has 7 heteroatoms. The molecule has 0 radical (unpaired) electrons. The highest BCUT2D eigenvalue weighted by Crippen LogP contribution is 2.27. The van der Waals surface area contributed by atoms with Crippen molar-refractivity contribution in [1.29, 1.82) is 5.41 Å². The number of aromatic nitrogens is 2. The first-order valence-corrected chi connectivity index (χ1v) is 6.99. The van der Waals surface area contributed by atoms with Gasteiger partial charge < -0.3 is 15.0 Å². The summed E-state index contributed by atoms with van der Waals surface area (Å²) in [6.45, 7) is 5.07. The fourth-order valence-corrected chi connectivity index (χ4v) is 2.95. The van der Waals surface area contributed by atoms with Gasteiger partial charge in [-0.1, -0.05) is 0 Å². The number of nitrogens with zero attached hydrogens (tertiary/aromatic N) is 3. The molecular weight excluding hydrogens is 334 g/mol. The van der Waals surface area contributed by atoms with Gasteiger partial charge in [-0.15, -0.1) is 17.0 Å². The van der Waals surface area contributed by atoms with Crippen LogP contribution in [0.15, 0.2) is 18.2 Å². The Labute approximate surface area is 133 Å². The molecule has 0 atom stereocenters. The van der Waals surface area contributed by atoms with E-state index in [1.54, 1.807) is 0 Å². The van der Waals surface area contributed by atoms with E-state index < -0.39 is 0 Å². The second kappa shape index (κ2) is 5.65. The number of benzene rings is 1. The predicted molar refractivity (Wildman–Crippen MR) is 87.4 cm³/mol. The van der Waals surface area contributed by atoms with Crippen molar-refractivity contribution in [1.82, 2.24) is 9.55 Å². The van der Waals surface area contributed by atoms with E-state index in [9.17, 15) is 0 Å². The minimum absolute atomic E-state index is 0. The van der Waals surface area contributed by atoms with Crippen LogP contribution in [-0.2, 0) is 11.3 Å². The number of hydrogen-bond donors (Lipinski definition) is 2. The van der Waals surface area contributed by atoms with Gasteiger partial charge in [0.25, 0.3) is 0 Å². The first kappa shape index (κ1) is 14.3. The Hall–Kier alpha value is -1.60. The number of fused-ring (bicyclic) bond motifs is 3. The van der Waals surface area contributed by atoms with Crippen molar-refractivity contribution >= 4 is 39.4 Å². The van der Waals surface area contributed by atoms with E-state index in [2.05, 4.69) is 33.4 Å². The van der Waals surface area contributed by atoms with E-state index in [0.29, 0.717) is 5.62 Å². The average molecular weight is 352 g/mol. The molecule has 2 aliphatic rings. The summed E-state index contributed by atoms with van der Waals surface area (Å²) < 4.78 is 7.31. The number of morpholine rings is 1. The molecular formula is C14H18BrN5O. The molecule has 0 saturated carbocycles. The van der Waals surface area contributed by atoms with Crippen LogP contribution in [-0.4, -0.2) is 42.4 Å². The minimum Gasteiger partial charge on any atom is -0.378 e. The van der Waals surface area contributed by atoms with Gasteiger partial charge in [-0.05, 0) is 18.2 Å². The van der Waals surface area contributed by atoms with Gasteiger partial charge in [0, 0.05) is 37.3 Å². The fourth-order valence-electron chi connectivity index (χ4n) is 2.95. The Morgan fingerprint density at radius 2 is 2.00 bits per heavy atom. The van der Waals surface area contributed by atoms with Crippen molar-refractivity contribution in [3.63, 3.8) is 0 Å². The minimum atomic E-state index is 0. The summed E-state index contributed by atoms with van der Waals surface area (Å²) in [6.07, 6.45) is 0. The highest BCUT2D eigenvalue weighted by Gasteiger charge is 2.16. The van der Waals surface area contributed by atoms with Crippen molar-refractivity contribution in [2.24, 2.45) is 0 Å². The molecule has 21 heavy (non-hydrogen) atoms. The lowest BCUT2D eigenvalue weighted by atomic mass is 10.2. The quantitative estimate of drug-likeness (QED) is 0.813. The predicted octanol–water partition coefficient (Wildman–Crippen LogP) is 1.36. The summed E-state index contributed by atoms with van der Waals surface area (Å²) in [5.41, 5.74) is 2.38. The Morgan fingerprint density at radius 3 is 2.81 bits per heavy atom. The molecule has 2 N–H and O–H groups in total. The number of nitrogens with one attached hydrogen (secondary N) is 2. The molecule has 0 unspecified atom stereocenters.